The van der Waals surface area contributed by atoms with Crippen LogP contribution in [0.5, 0.6) is 0 Å². The Balaban J connectivity index is 1.90. The van der Waals surface area contributed by atoms with E-state index in [-0.39, 0.29) is 18.1 Å². The minimum Gasteiger partial charge on any atom is -0.350 e. The van der Waals surface area contributed by atoms with Gasteiger partial charge in [-0.2, -0.15) is 0 Å². The van der Waals surface area contributed by atoms with Gasteiger partial charge >= 0.3 is 0 Å². The zero-order valence-electron chi connectivity index (χ0n) is 11.1. The van der Waals surface area contributed by atoms with Crippen molar-refractivity contribution in [3.8, 4) is 0 Å². The lowest BCUT2D eigenvalue weighted by Crippen LogP contribution is -2.25. The highest BCUT2D eigenvalue weighted by atomic mass is 19.1. The number of carbonyl (C=O) groups excluding carboxylic acids is 1. The summed E-state index contributed by atoms with van der Waals surface area (Å²) in [7, 11) is 1.96. The number of nitrogens with one attached hydrogen (secondary N) is 1. The van der Waals surface area contributed by atoms with Gasteiger partial charge in [0.15, 0.2) is 0 Å². The van der Waals surface area contributed by atoms with Crippen LogP contribution in [-0.2, 0) is 24.8 Å². The van der Waals surface area contributed by atoms with E-state index in [1.165, 1.54) is 12.1 Å². The molecule has 2 aromatic rings. The number of carbonyl (C=O) groups is 1. The Bertz CT molecular complexity index is 590. The first kappa shape index (κ1) is 13.3. The van der Waals surface area contributed by atoms with Gasteiger partial charge in [-0.05, 0) is 36.8 Å². The minimum absolute atomic E-state index is 0.107. The number of aryl methyl sites for hydroxylation is 1. The van der Waals surface area contributed by atoms with Crippen molar-refractivity contribution in [2.75, 3.05) is 0 Å². The molecule has 1 heterocycles. The van der Waals surface area contributed by atoms with E-state index in [2.05, 4.69) is 5.32 Å². The third kappa shape index (κ3) is 3.44. The predicted molar refractivity (Wildman–Crippen MR) is 72.1 cm³/mol. The van der Waals surface area contributed by atoms with Crippen molar-refractivity contribution >= 4 is 5.91 Å². The molecule has 0 bridgehead atoms. The number of amides is 1. The summed E-state index contributed by atoms with van der Waals surface area (Å²) in [5.41, 5.74) is 2.88. The van der Waals surface area contributed by atoms with Gasteiger partial charge in [0.05, 0.1) is 13.0 Å². The molecule has 0 saturated carbocycles. The number of halogens is 1. The van der Waals surface area contributed by atoms with Crippen molar-refractivity contribution < 1.29 is 9.18 Å². The van der Waals surface area contributed by atoms with Crippen LogP contribution in [0.4, 0.5) is 4.39 Å². The molecule has 1 aromatic heterocycles. The largest absolute Gasteiger partial charge is 0.350 e. The van der Waals surface area contributed by atoms with Gasteiger partial charge in [-0.3, -0.25) is 4.79 Å². The SMILES string of the molecule is Cc1ccc(CNC(=O)Cc2cccc(F)c2)n1C. The Morgan fingerprint density at radius 2 is 2.11 bits per heavy atom. The van der Waals surface area contributed by atoms with E-state index in [0.717, 1.165) is 11.4 Å². The standard InChI is InChI=1S/C15H17FN2O/c1-11-6-7-14(18(11)2)10-17-15(19)9-12-4-3-5-13(16)8-12/h3-8H,9-10H2,1-2H3,(H,17,19). The van der Waals surface area contributed by atoms with E-state index in [9.17, 15) is 9.18 Å². The average molecular weight is 260 g/mol. The summed E-state index contributed by atoms with van der Waals surface area (Å²) in [6, 6.07) is 10.1. The summed E-state index contributed by atoms with van der Waals surface area (Å²) in [5.74, 6) is -0.423. The molecule has 0 atom stereocenters. The first-order valence-electron chi connectivity index (χ1n) is 6.18. The third-order valence-electron chi connectivity index (χ3n) is 3.20. The smallest absolute Gasteiger partial charge is 0.224 e. The number of hydrogen-bond donors (Lipinski definition) is 1. The predicted octanol–water partition coefficient (Wildman–Crippen LogP) is 2.33. The van der Waals surface area contributed by atoms with Crippen LogP contribution in [0.3, 0.4) is 0 Å². The zero-order valence-corrected chi connectivity index (χ0v) is 11.1. The Morgan fingerprint density at radius 3 is 2.74 bits per heavy atom. The molecule has 100 valence electrons. The monoisotopic (exact) mass is 260 g/mol. The highest BCUT2D eigenvalue weighted by molar-refractivity contribution is 5.78. The summed E-state index contributed by atoms with van der Waals surface area (Å²) in [4.78, 5) is 11.8. The van der Waals surface area contributed by atoms with E-state index < -0.39 is 0 Å². The first-order chi connectivity index (χ1) is 9.06. The van der Waals surface area contributed by atoms with Gasteiger partial charge in [0, 0.05) is 18.4 Å². The van der Waals surface area contributed by atoms with Crippen LogP contribution in [0.25, 0.3) is 0 Å². The summed E-state index contributed by atoms with van der Waals surface area (Å²) in [6.07, 6.45) is 0.196. The highest BCUT2D eigenvalue weighted by Gasteiger charge is 2.06. The summed E-state index contributed by atoms with van der Waals surface area (Å²) in [6.45, 7) is 2.50. The number of nitrogens with zero attached hydrogens (tertiary/aromatic N) is 1. The van der Waals surface area contributed by atoms with Crippen LogP contribution in [0.15, 0.2) is 36.4 Å². The second-order valence-electron chi connectivity index (χ2n) is 4.61. The molecule has 0 aliphatic heterocycles. The molecule has 0 saturated heterocycles. The highest BCUT2D eigenvalue weighted by Crippen LogP contribution is 2.06. The van der Waals surface area contributed by atoms with E-state index >= 15 is 0 Å². The molecule has 3 nitrogen and oxygen atoms in total. The zero-order chi connectivity index (χ0) is 13.8. The van der Waals surface area contributed by atoms with Gasteiger partial charge < -0.3 is 9.88 Å². The lowest BCUT2D eigenvalue weighted by Gasteiger charge is -2.07. The summed E-state index contributed by atoms with van der Waals surface area (Å²) >= 11 is 0. The normalized spacial score (nSPS) is 10.5. The molecule has 1 amide bonds. The fraction of sp³-hybridized carbons (Fsp3) is 0.267. The van der Waals surface area contributed by atoms with Gasteiger partial charge in [0.1, 0.15) is 5.82 Å². The van der Waals surface area contributed by atoms with E-state index in [0.29, 0.717) is 12.1 Å². The van der Waals surface area contributed by atoms with Gasteiger partial charge in [-0.25, -0.2) is 4.39 Å². The molecule has 4 heteroatoms. The molecule has 0 fully saturated rings. The van der Waals surface area contributed by atoms with Crippen LogP contribution < -0.4 is 5.32 Å². The number of rotatable bonds is 4. The summed E-state index contributed by atoms with van der Waals surface area (Å²) < 4.78 is 15.0. The third-order valence-corrected chi connectivity index (χ3v) is 3.20. The maximum absolute atomic E-state index is 13.0. The molecule has 0 radical (unpaired) electrons. The minimum atomic E-state index is -0.316. The molecule has 1 aromatic carbocycles. The van der Waals surface area contributed by atoms with E-state index in [4.69, 9.17) is 0 Å². The van der Waals surface area contributed by atoms with Gasteiger partial charge in [0.2, 0.25) is 5.91 Å². The second-order valence-corrected chi connectivity index (χ2v) is 4.61. The van der Waals surface area contributed by atoms with Crippen LogP contribution in [0.2, 0.25) is 0 Å². The molecule has 0 spiro atoms. The van der Waals surface area contributed by atoms with Crippen LogP contribution in [-0.4, -0.2) is 10.5 Å². The van der Waals surface area contributed by atoms with Gasteiger partial charge in [-0.15, -0.1) is 0 Å². The number of aromatic nitrogens is 1. The molecule has 1 N–H and O–H groups in total. The first-order valence-corrected chi connectivity index (χ1v) is 6.18. The number of benzene rings is 1. The van der Waals surface area contributed by atoms with Crippen LogP contribution >= 0.6 is 0 Å². The second kappa shape index (κ2) is 5.69. The van der Waals surface area contributed by atoms with Crippen molar-refractivity contribution in [3.05, 3.63) is 59.2 Å². The lowest BCUT2D eigenvalue weighted by molar-refractivity contribution is -0.120. The molecule has 0 aliphatic carbocycles. The van der Waals surface area contributed by atoms with Crippen molar-refractivity contribution in [1.29, 1.82) is 0 Å². The molecule has 0 unspecified atom stereocenters. The van der Waals surface area contributed by atoms with Crippen molar-refractivity contribution in [3.63, 3.8) is 0 Å². The maximum Gasteiger partial charge on any atom is 0.224 e. The van der Waals surface area contributed by atoms with Gasteiger partial charge in [-0.1, -0.05) is 12.1 Å². The molecular weight excluding hydrogens is 243 g/mol. The van der Waals surface area contributed by atoms with Crippen molar-refractivity contribution in [2.45, 2.75) is 19.9 Å². The van der Waals surface area contributed by atoms with Crippen LogP contribution in [0.1, 0.15) is 17.0 Å². The molecule has 19 heavy (non-hydrogen) atoms. The molecule has 0 aliphatic rings. The quantitative estimate of drug-likeness (QED) is 0.899. The van der Waals surface area contributed by atoms with Crippen LogP contribution in [0, 0.1) is 12.7 Å². The Labute approximate surface area is 112 Å². The summed E-state index contributed by atoms with van der Waals surface area (Å²) in [5, 5.41) is 2.84. The fourth-order valence-corrected chi connectivity index (χ4v) is 1.93. The Kier molecular flexibility index (Phi) is 4.00. The van der Waals surface area contributed by atoms with Crippen molar-refractivity contribution in [2.24, 2.45) is 7.05 Å². The Morgan fingerprint density at radius 1 is 1.32 bits per heavy atom. The Hall–Kier alpha value is -2.10. The average Bonchev–Trinajstić information content (AvgIpc) is 2.68. The lowest BCUT2D eigenvalue weighted by atomic mass is 10.1. The van der Waals surface area contributed by atoms with E-state index in [1.807, 2.05) is 30.7 Å². The maximum atomic E-state index is 13.0. The van der Waals surface area contributed by atoms with Gasteiger partial charge in [0.25, 0.3) is 0 Å². The van der Waals surface area contributed by atoms with E-state index in [1.54, 1.807) is 12.1 Å². The van der Waals surface area contributed by atoms with Crippen molar-refractivity contribution in [1.82, 2.24) is 9.88 Å². The molecular formula is C15H17FN2O. The molecule has 2 rings (SSSR count). The fourth-order valence-electron chi connectivity index (χ4n) is 1.93. The topological polar surface area (TPSA) is 34.0 Å². The number of hydrogen-bond acceptors (Lipinski definition) is 1.